The molecule has 2 amide bonds. The van der Waals surface area contributed by atoms with Crippen molar-refractivity contribution in [2.24, 2.45) is 0 Å². The lowest BCUT2D eigenvalue weighted by molar-refractivity contribution is -0.125. The van der Waals surface area contributed by atoms with Gasteiger partial charge in [-0.1, -0.05) is 36.0 Å². The SMILES string of the molecule is CCc1nnc(CNC(=O)C[C@@H]2C(=O)Nc3ccc(C)cc32)s1. The predicted molar refractivity (Wildman–Crippen MR) is 88.3 cm³/mol. The van der Waals surface area contributed by atoms with Crippen LogP contribution in [0.1, 0.15) is 40.4 Å². The van der Waals surface area contributed by atoms with Gasteiger partial charge >= 0.3 is 0 Å². The number of benzene rings is 1. The van der Waals surface area contributed by atoms with E-state index in [1.54, 1.807) is 0 Å². The van der Waals surface area contributed by atoms with E-state index in [0.717, 1.165) is 33.3 Å². The molecule has 0 fully saturated rings. The van der Waals surface area contributed by atoms with Gasteiger partial charge in [0.2, 0.25) is 11.8 Å². The second kappa shape index (κ2) is 6.45. The maximum absolute atomic E-state index is 12.2. The Morgan fingerprint density at radius 3 is 2.87 bits per heavy atom. The normalized spacial score (nSPS) is 16.1. The third-order valence-electron chi connectivity index (χ3n) is 3.79. The first-order chi connectivity index (χ1) is 11.1. The molecule has 0 bridgehead atoms. The van der Waals surface area contributed by atoms with Gasteiger partial charge in [-0.15, -0.1) is 10.2 Å². The van der Waals surface area contributed by atoms with Crippen LogP contribution in [-0.2, 0) is 22.6 Å². The number of fused-ring (bicyclic) bond motifs is 1. The van der Waals surface area contributed by atoms with Crippen molar-refractivity contribution in [3.05, 3.63) is 39.3 Å². The van der Waals surface area contributed by atoms with Crippen LogP contribution in [0, 0.1) is 6.92 Å². The van der Waals surface area contributed by atoms with E-state index in [1.165, 1.54) is 11.3 Å². The molecule has 0 saturated heterocycles. The highest BCUT2D eigenvalue weighted by atomic mass is 32.1. The summed E-state index contributed by atoms with van der Waals surface area (Å²) >= 11 is 1.49. The fourth-order valence-corrected chi connectivity index (χ4v) is 3.31. The first kappa shape index (κ1) is 15.6. The van der Waals surface area contributed by atoms with Crippen LogP contribution >= 0.6 is 11.3 Å². The van der Waals surface area contributed by atoms with Gasteiger partial charge in [0.1, 0.15) is 10.0 Å². The molecule has 2 heterocycles. The molecule has 3 rings (SSSR count). The summed E-state index contributed by atoms with van der Waals surface area (Å²) in [5, 5.41) is 15.4. The molecule has 1 atom stereocenters. The second-order valence-corrected chi connectivity index (χ2v) is 6.70. The van der Waals surface area contributed by atoms with Crippen LogP contribution in [-0.4, -0.2) is 22.0 Å². The minimum atomic E-state index is -0.425. The van der Waals surface area contributed by atoms with Gasteiger partial charge in [-0.05, 0) is 25.0 Å². The number of aryl methyl sites for hydroxylation is 2. The molecule has 0 aliphatic carbocycles. The highest BCUT2D eigenvalue weighted by Gasteiger charge is 2.32. The van der Waals surface area contributed by atoms with E-state index in [1.807, 2.05) is 32.0 Å². The van der Waals surface area contributed by atoms with Crippen molar-refractivity contribution >= 4 is 28.8 Å². The van der Waals surface area contributed by atoms with E-state index >= 15 is 0 Å². The number of aromatic nitrogens is 2. The molecular formula is C16H18N4O2S. The Morgan fingerprint density at radius 1 is 1.35 bits per heavy atom. The molecule has 0 spiro atoms. The quantitative estimate of drug-likeness (QED) is 0.880. The fraction of sp³-hybridized carbons (Fsp3) is 0.375. The van der Waals surface area contributed by atoms with Gasteiger partial charge in [0.05, 0.1) is 12.5 Å². The van der Waals surface area contributed by atoms with E-state index in [0.29, 0.717) is 6.54 Å². The zero-order chi connectivity index (χ0) is 16.4. The van der Waals surface area contributed by atoms with Crippen molar-refractivity contribution in [2.45, 2.75) is 39.2 Å². The van der Waals surface area contributed by atoms with Crippen molar-refractivity contribution < 1.29 is 9.59 Å². The summed E-state index contributed by atoms with van der Waals surface area (Å²) in [5.74, 6) is -0.705. The number of rotatable bonds is 5. The van der Waals surface area contributed by atoms with Crippen molar-refractivity contribution in [1.82, 2.24) is 15.5 Å². The molecular weight excluding hydrogens is 312 g/mol. The molecule has 1 aliphatic heterocycles. The van der Waals surface area contributed by atoms with Crippen molar-refractivity contribution in [3.63, 3.8) is 0 Å². The molecule has 2 N–H and O–H groups in total. The molecule has 0 saturated carbocycles. The summed E-state index contributed by atoms with van der Waals surface area (Å²) < 4.78 is 0. The van der Waals surface area contributed by atoms with Gasteiger partial charge in [0.15, 0.2) is 0 Å². The molecule has 1 aromatic carbocycles. The first-order valence-electron chi connectivity index (χ1n) is 7.56. The van der Waals surface area contributed by atoms with E-state index < -0.39 is 5.92 Å². The molecule has 0 radical (unpaired) electrons. The smallest absolute Gasteiger partial charge is 0.232 e. The Kier molecular flexibility index (Phi) is 4.38. The van der Waals surface area contributed by atoms with Crippen LogP contribution < -0.4 is 10.6 Å². The van der Waals surface area contributed by atoms with E-state index in [2.05, 4.69) is 20.8 Å². The number of anilines is 1. The van der Waals surface area contributed by atoms with Crippen LogP contribution in [0.3, 0.4) is 0 Å². The number of nitrogens with one attached hydrogen (secondary N) is 2. The number of carbonyl (C=O) groups is 2. The molecule has 1 aliphatic rings. The van der Waals surface area contributed by atoms with Crippen molar-refractivity contribution in [2.75, 3.05) is 5.32 Å². The summed E-state index contributed by atoms with van der Waals surface area (Å²) in [7, 11) is 0. The largest absolute Gasteiger partial charge is 0.349 e. The lowest BCUT2D eigenvalue weighted by Crippen LogP contribution is -2.26. The van der Waals surface area contributed by atoms with Crippen LogP contribution in [0.25, 0.3) is 0 Å². The van der Waals surface area contributed by atoms with Crippen LogP contribution in [0.5, 0.6) is 0 Å². The average Bonchev–Trinajstić information content (AvgIpc) is 3.11. The zero-order valence-corrected chi connectivity index (χ0v) is 13.9. The minimum Gasteiger partial charge on any atom is -0.349 e. The van der Waals surface area contributed by atoms with Gasteiger partial charge < -0.3 is 10.6 Å². The monoisotopic (exact) mass is 330 g/mol. The Labute approximate surface area is 138 Å². The van der Waals surface area contributed by atoms with Crippen LogP contribution in [0.15, 0.2) is 18.2 Å². The third-order valence-corrected chi connectivity index (χ3v) is 4.86. The molecule has 2 aromatic rings. The van der Waals surface area contributed by atoms with Gasteiger partial charge in [0, 0.05) is 12.1 Å². The summed E-state index contributed by atoms with van der Waals surface area (Å²) in [5.41, 5.74) is 2.77. The number of hydrogen-bond acceptors (Lipinski definition) is 5. The third kappa shape index (κ3) is 3.39. The van der Waals surface area contributed by atoms with E-state index in [-0.39, 0.29) is 18.2 Å². The molecule has 120 valence electrons. The summed E-state index contributed by atoms with van der Waals surface area (Å²) in [4.78, 5) is 24.2. The number of hydrogen-bond donors (Lipinski definition) is 2. The van der Waals surface area contributed by atoms with Gasteiger partial charge in [-0.25, -0.2) is 0 Å². The Balaban J connectivity index is 1.62. The maximum atomic E-state index is 12.2. The maximum Gasteiger partial charge on any atom is 0.232 e. The van der Waals surface area contributed by atoms with E-state index in [9.17, 15) is 9.59 Å². The molecule has 7 heteroatoms. The van der Waals surface area contributed by atoms with Crippen LogP contribution in [0.4, 0.5) is 5.69 Å². The van der Waals surface area contributed by atoms with Gasteiger partial charge in [-0.2, -0.15) is 0 Å². The predicted octanol–water partition coefficient (Wildman–Crippen LogP) is 2.15. The number of amides is 2. The second-order valence-electron chi connectivity index (χ2n) is 5.56. The summed E-state index contributed by atoms with van der Waals surface area (Å²) in [6.45, 7) is 4.34. The topological polar surface area (TPSA) is 84.0 Å². The molecule has 23 heavy (non-hydrogen) atoms. The standard InChI is InChI=1S/C16H18N4O2S/c1-3-14-19-20-15(23-14)8-17-13(21)7-11-10-6-9(2)4-5-12(10)18-16(11)22/h4-6,11H,3,7-8H2,1-2H3,(H,17,21)(H,18,22)/t11-/m0/s1. The Hall–Kier alpha value is -2.28. The minimum absolute atomic E-state index is 0.120. The van der Waals surface area contributed by atoms with Gasteiger partial charge in [-0.3, -0.25) is 9.59 Å². The van der Waals surface area contributed by atoms with Gasteiger partial charge in [0.25, 0.3) is 0 Å². The summed E-state index contributed by atoms with van der Waals surface area (Å²) in [6, 6.07) is 5.79. The molecule has 6 nitrogen and oxygen atoms in total. The van der Waals surface area contributed by atoms with E-state index in [4.69, 9.17) is 0 Å². The first-order valence-corrected chi connectivity index (χ1v) is 8.38. The van der Waals surface area contributed by atoms with Crippen LogP contribution in [0.2, 0.25) is 0 Å². The van der Waals surface area contributed by atoms with Crippen molar-refractivity contribution in [1.29, 1.82) is 0 Å². The lowest BCUT2D eigenvalue weighted by atomic mass is 9.95. The summed E-state index contributed by atoms with van der Waals surface area (Å²) in [6.07, 6.45) is 0.978. The molecule has 0 unspecified atom stereocenters. The average molecular weight is 330 g/mol. The number of carbonyl (C=O) groups excluding carboxylic acids is 2. The number of nitrogens with zero attached hydrogens (tertiary/aromatic N) is 2. The Morgan fingerprint density at radius 2 is 2.13 bits per heavy atom. The highest BCUT2D eigenvalue weighted by Crippen LogP contribution is 2.35. The zero-order valence-electron chi connectivity index (χ0n) is 13.0. The highest BCUT2D eigenvalue weighted by molar-refractivity contribution is 7.11. The Bertz CT molecular complexity index is 756. The fourth-order valence-electron chi connectivity index (χ4n) is 2.58. The molecule has 1 aromatic heterocycles. The lowest BCUT2D eigenvalue weighted by Gasteiger charge is -2.09. The van der Waals surface area contributed by atoms with Crippen molar-refractivity contribution in [3.8, 4) is 0 Å².